The van der Waals surface area contributed by atoms with Crippen molar-refractivity contribution in [2.75, 3.05) is 6.61 Å². The van der Waals surface area contributed by atoms with Crippen LogP contribution in [0.3, 0.4) is 0 Å². The Morgan fingerprint density at radius 1 is 1.29 bits per heavy atom. The first kappa shape index (κ1) is 14.0. The molecule has 1 aromatic carbocycles. The number of ether oxygens (including phenoxy) is 1. The first-order valence-electron chi connectivity index (χ1n) is 6.83. The number of carbonyl (C=O) groups is 1. The van der Waals surface area contributed by atoms with Crippen LogP contribution in [0.2, 0.25) is 5.02 Å². The predicted octanol–water partition coefficient (Wildman–Crippen LogP) is 3.11. The molecule has 0 unspecified atom stereocenters. The second-order valence-electron chi connectivity index (χ2n) is 5.24. The Morgan fingerprint density at radius 3 is 2.90 bits per heavy atom. The van der Waals surface area contributed by atoms with Gasteiger partial charge in [-0.2, -0.15) is 10.2 Å². The molecule has 3 rings (SSSR count). The summed E-state index contributed by atoms with van der Waals surface area (Å²) in [4.78, 5) is 12.5. The molecule has 0 N–H and O–H groups in total. The van der Waals surface area contributed by atoms with Gasteiger partial charge in [0.25, 0.3) is 0 Å². The monoisotopic (exact) mass is 302 g/mol. The van der Waals surface area contributed by atoms with Crippen LogP contribution in [0.4, 0.5) is 0 Å². The van der Waals surface area contributed by atoms with E-state index in [-0.39, 0.29) is 12.2 Å². The molecule has 1 aromatic heterocycles. The van der Waals surface area contributed by atoms with Crippen molar-refractivity contribution >= 4 is 17.4 Å². The molecule has 108 valence electrons. The average Bonchev–Trinajstić information content (AvgIpc) is 2.89. The van der Waals surface area contributed by atoms with Gasteiger partial charge >= 0.3 is 0 Å². The molecule has 21 heavy (non-hydrogen) atoms. The molecule has 0 saturated carbocycles. The van der Waals surface area contributed by atoms with Crippen molar-refractivity contribution in [2.24, 2.45) is 0 Å². The molecule has 0 bridgehead atoms. The van der Waals surface area contributed by atoms with Crippen LogP contribution in [-0.4, -0.2) is 22.6 Å². The number of aromatic nitrogens is 2. The number of nitrogens with zero attached hydrogens (tertiary/aromatic N) is 2. The summed E-state index contributed by atoms with van der Waals surface area (Å²) in [5.41, 5.74) is 3.90. The standard InChI is InChI=1S/C16H15ClN2O2/c1-9-5-14(10(2)19-18-9)15(20)8-12-7-13(17)6-11-3-4-21-16(11)12/h5-7H,3-4,8H2,1-2H3. The van der Waals surface area contributed by atoms with E-state index in [2.05, 4.69) is 10.2 Å². The van der Waals surface area contributed by atoms with Gasteiger partial charge in [-0.3, -0.25) is 4.79 Å². The van der Waals surface area contributed by atoms with Gasteiger partial charge in [-0.25, -0.2) is 0 Å². The minimum absolute atomic E-state index is 0.00506. The van der Waals surface area contributed by atoms with Crippen LogP contribution in [0.25, 0.3) is 0 Å². The van der Waals surface area contributed by atoms with Crippen molar-refractivity contribution in [3.8, 4) is 5.75 Å². The van der Waals surface area contributed by atoms with E-state index in [0.29, 0.717) is 22.9 Å². The molecule has 2 heterocycles. The fourth-order valence-electron chi connectivity index (χ4n) is 2.58. The summed E-state index contributed by atoms with van der Waals surface area (Å²) < 4.78 is 5.64. The maximum Gasteiger partial charge on any atom is 0.169 e. The summed E-state index contributed by atoms with van der Waals surface area (Å²) in [6.45, 7) is 4.26. The van der Waals surface area contributed by atoms with Crippen LogP contribution in [0.15, 0.2) is 18.2 Å². The zero-order chi connectivity index (χ0) is 15.0. The third-order valence-corrected chi connectivity index (χ3v) is 3.80. The van der Waals surface area contributed by atoms with Crippen LogP contribution >= 0.6 is 11.6 Å². The predicted molar refractivity (Wildman–Crippen MR) is 80.2 cm³/mol. The van der Waals surface area contributed by atoms with Gasteiger partial charge in [0.2, 0.25) is 0 Å². The molecule has 1 aliphatic rings. The largest absolute Gasteiger partial charge is 0.493 e. The smallest absolute Gasteiger partial charge is 0.169 e. The number of benzene rings is 1. The van der Waals surface area contributed by atoms with Gasteiger partial charge in [0.05, 0.1) is 18.0 Å². The van der Waals surface area contributed by atoms with E-state index in [1.807, 2.05) is 13.0 Å². The van der Waals surface area contributed by atoms with Crippen LogP contribution in [0.5, 0.6) is 5.75 Å². The summed E-state index contributed by atoms with van der Waals surface area (Å²) in [5.74, 6) is 0.814. The van der Waals surface area contributed by atoms with Gasteiger partial charge in [-0.1, -0.05) is 11.6 Å². The highest BCUT2D eigenvalue weighted by Crippen LogP contribution is 2.33. The highest BCUT2D eigenvalue weighted by molar-refractivity contribution is 6.30. The zero-order valence-corrected chi connectivity index (χ0v) is 12.7. The number of carbonyl (C=O) groups excluding carboxylic acids is 1. The Kier molecular flexibility index (Phi) is 3.64. The number of Topliss-reactive ketones (excluding diaryl/α,β-unsaturated/α-hetero) is 1. The Labute approximate surface area is 128 Å². The van der Waals surface area contributed by atoms with E-state index in [4.69, 9.17) is 16.3 Å². The number of hydrogen-bond acceptors (Lipinski definition) is 4. The number of ketones is 1. The van der Waals surface area contributed by atoms with Crippen molar-refractivity contribution < 1.29 is 9.53 Å². The number of halogens is 1. The van der Waals surface area contributed by atoms with E-state index >= 15 is 0 Å². The summed E-state index contributed by atoms with van der Waals surface area (Å²) >= 11 is 6.13. The normalized spacial score (nSPS) is 12.9. The summed E-state index contributed by atoms with van der Waals surface area (Å²) in [5, 5.41) is 8.60. The van der Waals surface area contributed by atoms with Gasteiger partial charge in [-0.05, 0) is 37.6 Å². The van der Waals surface area contributed by atoms with E-state index in [1.54, 1.807) is 19.1 Å². The lowest BCUT2D eigenvalue weighted by atomic mass is 9.99. The fourth-order valence-corrected chi connectivity index (χ4v) is 2.84. The second-order valence-corrected chi connectivity index (χ2v) is 5.67. The molecule has 0 aliphatic carbocycles. The maximum atomic E-state index is 12.5. The molecule has 1 aliphatic heterocycles. The lowest BCUT2D eigenvalue weighted by Crippen LogP contribution is -2.09. The van der Waals surface area contributed by atoms with Crippen molar-refractivity contribution in [1.82, 2.24) is 10.2 Å². The topological polar surface area (TPSA) is 52.1 Å². The Bertz CT molecular complexity index is 728. The maximum absolute atomic E-state index is 12.5. The van der Waals surface area contributed by atoms with Gasteiger partial charge in [0.1, 0.15) is 5.75 Å². The highest BCUT2D eigenvalue weighted by Gasteiger charge is 2.21. The van der Waals surface area contributed by atoms with E-state index < -0.39 is 0 Å². The molecule has 5 heteroatoms. The molecule has 0 radical (unpaired) electrons. The fraction of sp³-hybridized carbons (Fsp3) is 0.312. The third-order valence-electron chi connectivity index (χ3n) is 3.58. The average molecular weight is 303 g/mol. The minimum atomic E-state index is 0.00506. The Balaban J connectivity index is 1.94. The lowest BCUT2D eigenvalue weighted by molar-refractivity contribution is 0.0990. The SMILES string of the molecule is Cc1cc(C(=O)Cc2cc(Cl)cc3c2OCC3)c(C)nn1. The van der Waals surface area contributed by atoms with Crippen molar-refractivity contribution in [2.45, 2.75) is 26.7 Å². The molecular formula is C16H15ClN2O2. The van der Waals surface area contributed by atoms with Crippen LogP contribution < -0.4 is 4.74 Å². The van der Waals surface area contributed by atoms with E-state index in [0.717, 1.165) is 29.0 Å². The van der Waals surface area contributed by atoms with Crippen molar-refractivity contribution in [1.29, 1.82) is 0 Å². The third kappa shape index (κ3) is 2.76. The number of rotatable bonds is 3. The van der Waals surface area contributed by atoms with E-state index in [1.165, 1.54) is 0 Å². The minimum Gasteiger partial charge on any atom is -0.493 e. The molecule has 0 fully saturated rings. The molecule has 0 spiro atoms. The molecule has 4 nitrogen and oxygen atoms in total. The summed E-state index contributed by atoms with van der Waals surface area (Å²) in [6.07, 6.45) is 1.10. The molecular weight excluding hydrogens is 288 g/mol. The Morgan fingerprint density at radius 2 is 2.10 bits per heavy atom. The number of hydrogen-bond donors (Lipinski definition) is 0. The first-order chi connectivity index (χ1) is 10.0. The first-order valence-corrected chi connectivity index (χ1v) is 7.20. The molecule has 0 amide bonds. The van der Waals surface area contributed by atoms with E-state index in [9.17, 15) is 4.79 Å². The van der Waals surface area contributed by atoms with Crippen LogP contribution in [-0.2, 0) is 12.8 Å². The molecule has 2 aromatic rings. The number of fused-ring (bicyclic) bond motifs is 1. The van der Waals surface area contributed by atoms with Gasteiger partial charge < -0.3 is 4.74 Å². The second kappa shape index (κ2) is 5.45. The lowest BCUT2D eigenvalue weighted by Gasteiger charge is -2.09. The molecule has 0 saturated heterocycles. The zero-order valence-electron chi connectivity index (χ0n) is 11.9. The van der Waals surface area contributed by atoms with Crippen LogP contribution in [0.1, 0.15) is 32.9 Å². The quantitative estimate of drug-likeness (QED) is 0.818. The Hall–Kier alpha value is -1.94. The number of aryl methyl sites for hydroxylation is 2. The van der Waals surface area contributed by atoms with Crippen LogP contribution in [0, 0.1) is 13.8 Å². The highest BCUT2D eigenvalue weighted by atomic mass is 35.5. The summed E-state index contributed by atoms with van der Waals surface area (Å²) in [7, 11) is 0. The van der Waals surface area contributed by atoms with Crippen molar-refractivity contribution in [3.63, 3.8) is 0 Å². The van der Waals surface area contributed by atoms with Crippen molar-refractivity contribution in [3.05, 3.63) is 51.3 Å². The molecule has 0 atom stereocenters. The van der Waals surface area contributed by atoms with Gasteiger partial charge in [0.15, 0.2) is 5.78 Å². The van der Waals surface area contributed by atoms with Gasteiger partial charge in [0, 0.05) is 29.0 Å². The summed E-state index contributed by atoms with van der Waals surface area (Å²) in [6, 6.07) is 5.48. The van der Waals surface area contributed by atoms with Gasteiger partial charge in [-0.15, -0.1) is 0 Å².